The minimum atomic E-state index is -4.41. The lowest BCUT2D eigenvalue weighted by atomic mass is 9.97. The number of piperidine rings is 1. The van der Waals surface area contributed by atoms with Gasteiger partial charge in [-0.1, -0.05) is 0 Å². The second-order valence-electron chi connectivity index (χ2n) is 6.23. The molecule has 0 aromatic carbocycles. The van der Waals surface area contributed by atoms with Gasteiger partial charge in [0.15, 0.2) is 5.69 Å². The molecular weight excluding hydrogens is 335 g/mol. The molecule has 0 amide bonds. The van der Waals surface area contributed by atoms with Crippen molar-refractivity contribution in [2.24, 2.45) is 7.05 Å². The number of hydrogen-bond acceptors (Lipinski definition) is 5. The van der Waals surface area contributed by atoms with Crippen LogP contribution < -0.4 is 4.74 Å². The van der Waals surface area contributed by atoms with E-state index in [1.54, 1.807) is 13.1 Å². The first-order chi connectivity index (χ1) is 11.9. The Morgan fingerprint density at radius 1 is 1.28 bits per heavy atom. The summed E-state index contributed by atoms with van der Waals surface area (Å²) in [4.78, 5) is 6.01. The van der Waals surface area contributed by atoms with Gasteiger partial charge in [-0.2, -0.15) is 18.3 Å². The first-order valence-corrected chi connectivity index (χ1v) is 8.06. The monoisotopic (exact) mass is 355 g/mol. The highest BCUT2D eigenvalue weighted by Gasteiger charge is 2.36. The third-order valence-corrected chi connectivity index (χ3v) is 4.36. The van der Waals surface area contributed by atoms with Crippen molar-refractivity contribution in [3.63, 3.8) is 0 Å². The molecule has 2 aromatic heterocycles. The van der Waals surface area contributed by atoms with Crippen LogP contribution in [0.15, 0.2) is 18.3 Å². The van der Waals surface area contributed by atoms with Crippen LogP contribution in [-0.2, 0) is 19.8 Å². The molecule has 1 aliphatic heterocycles. The van der Waals surface area contributed by atoms with E-state index in [1.807, 2.05) is 6.07 Å². The molecule has 9 heteroatoms. The van der Waals surface area contributed by atoms with Gasteiger partial charge in [-0.05, 0) is 25.5 Å². The van der Waals surface area contributed by atoms with Crippen LogP contribution in [0.1, 0.15) is 36.0 Å². The number of ether oxygens (including phenoxy) is 1. The molecule has 0 radical (unpaired) electrons. The van der Waals surface area contributed by atoms with Gasteiger partial charge >= 0.3 is 6.18 Å². The number of aryl methyl sites for hydroxylation is 1. The van der Waals surface area contributed by atoms with Crippen molar-refractivity contribution in [3.05, 3.63) is 35.5 Å². The predicted octanol–water partition coefficient (Wildman–Crippen LogP) is 2.62. The molecule has 25 heavy (non-hydrogen) atoms. The lowest BCUT2D eigenvalue weighted by molar-refractivity contribution is -0.141. The van der Waals surface area contributed by atoms with Crippen LogP contribution in [0.3, 0.4) is 0 Å². The van der Waals surface area contributed by atoms with Crippen LogP contribution in [0.2, 0.25) is 0 Å². The lowest BCUT2D eigenvalue weighted by Gasteiger charge is -2.32. The smallest absolute Gasteiger partial charge is 0.434 e. The van der Waals surface area contributed by atoms with Crippen molar-refractivity contribution in [3.8, 4) is 5.88 Å². The fourth-order valence-corrected chi connectivity index (χ4v) is 3.18. The van der Waals surface area contributed by atoms with E-state index in [9.17, 15) is 13.2 Å². The number of halogens is 3. The molecule has 0 spiro atoms. The van der Waals surface area contributed by atoms with Gasteiger partial charge in [0, 0.05) is 38.3 Å². The molecule has 2 aromatic rings. The van der Waals surface area contributed by atoms with Gasteiger partial charge in [0.05, 0.1) is 12.8 Å². The molecule has 0 N–H and O–H groups in total. The van der Waals surface area contributed by atoms with Crippen LogP contribution in [0.25, 0.3) is 0 Å². The Labute approximate surface area is 143 Å². The SMILES string of the molecule is COc1ccc(CN2CCCC(c3nc(C(F)(F)F)cn3C)C2)nn1. The highest BCUT2D eigenvalue weighted by Crippen LogP contribution is 2.32. The molecule has 1 fully saturated rings. The van der Waals surface area contributed by atoms with Gasteiger partial charge in [0.1, 0.15) is 5.82 Å². The first-order valence-electron chi connectivity index (χ1n) is 8.06. The molecule has 6 nitrogen and oxygen atoms in total. The van der Waals surface area contributed by atoms with Gasteiger partial charge in [-0.3, -0.25) is 4.90 Å². The maximum atomic E-state index is 12.9. The highest BCUT2D eigenvalue weighted by atomic mass is 19.4. The Morgan fingerprint density at radius 3 is 2.68 bits per heavy atom. The van der Waals surface area contributed by atoms with Crippen LogP contribution in [0, 0.1) is 0 Å². The van der Waals surface area contributed by atoms with E-state index in [0.717, 1.165) is 31.3 Å². The average molecular weight is 355 g/mol. The van der Waals surface area contributed by atoms with Crippen LogP contribution in [0.4, 0.5) is 13.2 Å². The number of imidazole rings is 1. The van der Waals surface area contributed by atoms with Gasteiger partial charge < -0.3 is 9.30 Å². The summed E-state index contributed by atoms with van der Waals surface area (Å²) in [5, 5.41) is 8.05. The maximum Gasteiger partial charge on any atom is 0.434 e. The summed E-state index contributed by atoms with van der Waals surface area (Å²) < 4.78 is 45.1. The Bertz CT molecular complexity index is 714. The molecule has 1 aliphatic rings. The number of aromatic nitrogens is 4. The zero-order valence-electron chi connectivity index (χ0n) is 14.1. The zero-order chi connectivity index (χ0) is 18.0. The Kier molecular flexibility index (Phi) is 4.94. The minimum Gasteiger partial charge on any atom is -0.480 e. The topological polar surface area (TPSA) is 56.1 Å². The molecule has 3 heterocycles. The standard InChI is InChI=1S/C16H20F3N5O/c1-23-10-13(16(17,18)19)20-15(23)11-4-3-7-24(8-11)9-12-5-6-14(25-2)22-21-12/h5-6,10-11H,3-4,7-9H2,1-2H3. The first kappa shape index (κ1) is 17.7. The van der Waals surface area contributed by atoms with Gasteiger partial charge in [-0.15, -0.1) is 5.10 Å². The summed E-state index contributed by atoms with van der Waals surface area (Å²) in [6.45, 7) is 2.13. The van der Waals surface area contributed by atoms with Crippen molar-refractivity contribution in [1.29, 1.82) is 0 Å². The summed E-state index contributed by atoms with van der Waals surface area (Å²) in [7, 11) is 3.15. The molecule has 1 saturated heterocycles. The number of rotatable bonds is 4. The normalized spacial score (nSPS) is 19.2. The fourth-order valence-electron chi connectivity index (χ4n) is 3.18. The summed E-state index contributed by atoms with van der Waals surface area (Å²) in [5.41, 5.74) is -0.0274. The molecule has 0 aliphatic carbocycles. The van der Waals surface area contributed by atoms with Crippen molar-refractivity contribution >= 4 is 0 Å². The number of hydrogen-bond donors (Lipinski definition) is 0. The molecule has 1 unspecified atom stereocenters. The second kappa shape index (κ2) is 6.99. The average Bonchev–Trinajstić information content (AvgIpc) is 2.98. The van der Waals surface area contributed by atoms with Crippen molar-refractivity contribution < 1.29 is 17.9 Å². The van der Waals surface area contributed by atoms with Crippen LogP contribution >= 0.6 is 0 Å². The third kappa shape index (κ3) is 4.09. The molecule has 0 saturated carbocycles. The second-order valence-corrected chi connectivity index (χ2v) is 6.23. The summed E-state index contributed by atoms with van der Waals surface area (Å²) in [6.07, 6.45) is -1.62. The summed E-state index contributed by atoms with van der Waals surface area (Å²) >= 11 is 0. The Morgan fingerprint density at radius 2 is 2.08 bits per heavy atom. The van der Waals surface area contributed by atoms with Crippen molar-refractivity contribution in [1.82, 2.24) is 24.6 Å². The van der Waals surface area contributed by atoms with Gasteiger partial charge in [0.25, 0.3) is 0 Å². The van der Waals surface area contributed by atoms with Crippen LogP contribution in [-0.4, -0.2) is 44.8 Å². The number of likely N-dealkylation sites (tertiary alicyclic amines) is 1. The van der Waals surface area contributed by atoms with Gasteiger partial charge in [0.2, 0.25) is 5.88 Å². The molecule has 0 bridgehead atoms. The quantitative estimate of drug-likeness (QED) is 0.844. The van der Waals surface area contributed by atoms with Crippen LogP contribution in [0.5, 0.6) is 5.88 Å². The number of nitrogens with zero attached hydrogens (tertiary/aromatic N) is 5. The largest absolute Gasteiger partial charge is 0.480 e. The van der Waals surface area contributed by atoms with Crippen molar-refractivity contribution in [2.75, 3.05) is 20.2 Å². The molecular formula is C16H20F3N5O. The zero-order valence-corrected chi connectivity index (χ0v) is 14.1. The van der Waals surface area contributed by atoms with E-state index >= 15 is 0 Å². The summed E-state index contributed by atoms with van der Waals surface area (Å²) in [5.74, 6) is 0.909. The van der Waals surface area contributed by atoms with Crippen molar-refractivity contribution in [2.45, 2.75) is 31.5 Å². The van der Waals surface area contributed by atoms with E-state index in [1.165, 1.54) is 11.7 Å². The third-order valence-electron chi connectivity index (χ3n) is 4.36. The van der Waals surface area contributed by atoms with Gasteiger partial charge in [-0.25, -0.2) is 4.98 Å². The highest BCUT2D eigenvalue weighted by molar-refractivity contribution is 5.13. The van der Waals surface area contributed by atoms with E-state index in [2.05, 4.69) is 20.1 Å². The van der Waals surface area contributed by atoms with E-state index in [4.69, 9.17) is 4.74 Å². The predicted molar refractivity (Wildman–Crippen MR) is 84.0 cm³/mol. The fraction of sp³-hybridized carbons (Fsp3) is 0.562. The Hall–Kier alpha value is -2.16. The Balaban J connectivity index is 1.69. The number of alkyl halides is 3. The number of methoxy groups -OCH3 is 1. The molecule has 1 atom stereocenters. The van der Waals surface area contributed by atoms with E-state index in [0.29, 0.717) is 24.8 Å². The maximum absolute atomic E-state index is 12.9. The molecule has 3 rings (SSSR count). The summed E-state index contributed by atoms with van der Waals surface area (Å²) in [6, 6.07) is 3.59. The van der Waals surface area contributed by atoms with E-state index < -0.39 is 11.9 Å². The minimum absolute atomic E-state index is 0.0268. The van der Waals surface area contributed by atoms with E-state index in [-0.39, 0.29) is 5.92 Å². The lowest BCUT2D eigenvalue weighted by Crippen LogP contribution is -2.35. The molecule has 136 valence electrons.